The third-order valence-electron chi connectivity index (χ3n) is 4.60. The number of hydrogen-bond donors (Lipinski definition) is 3. The van der Waals surface area contributed by atoms with Gasteiger partial charge in [0.05, 0.1) is 21.3 Å². The summed E-state index contributed by atoms with van der Waals surface area (Å²) in [4.78, 5) is 23.8. The lowest BCUT2D eigenvalue weighted by molar-refractivity contribution is -0.120. The molecule has 172 valence electrons. The van der Waals surface area contributed by atoms with Crippen molar-refractivity contribution in [3.05, 3.63) is 66.2 Å². The molecule has 33 heavy (non-hydrogen) atoms. The van der Waals surface area contributed by atoms with E-state index in [0.717, 1.165) is 17.1 Å². The zero-order valence-electron chi connectivity index (χ0n) is 18.5. The van der Waals surface area contributed by atoms with Crippen LogP contribution in [0.3, 0.4) is 0 Å². The van der Waals surface area contributed by atoms with Crippen molar-refractivity contribution in [3.8, 4) is 23.0 Å². The van der Waals surface area contributed by atoms with E-state index < -0.39 is 5.91 Å². The van der Waals surface area contributed by atoms with Gasteiger partial charge in [0, 0.05) is 22.6 Å². The first kappa shape index (κ1) is 23.3. The predicted octanol–water partition coefficient (Wildman–Crippen LogP) is 3.57. The van der Waals surface area contributed by atoms with Crippen molar-refractivity contribution >= 4 is 28.9 Å². The van der Waals surface area contributed by atoms with Crippen LogP contribution in [0.2, 0.25) is 0 Å². The average molecular weight is 451 g/mol. The smallest absolute Gasteiger partial charge is 0.255 e. The first-order valence-corrected chi connectivity index (χ1v) is 9.93. The quantitative estimate of drug-likeness (QED) is 0.431. The number of hydrogen-bond acceptors (Lipinski definition) is 7. The van der Waals surface area contributed by atoms with Crippen LogP contribution in [0.5, 0.6) is 23.0 Å². The molecule has 0 spiro atoms. The Morgan fingerprint density at radius 3 is 1.79 bits per heavy atom. The lowest BCUT2D eigenvalue weighted by Crippen LogP contribution is -2.20. The van der Waals surface area contributed by atoms with Crippen molar-refractivity contribution in [1.82, 2.24) is 0 Å². The molecule has 0 aliphatic carbocycles. The largest absolute Gasteiger partial charge is 0.497 e. The first-order valence-electron chi connectivity index (χ1n) is 9.93. The molecule has 0 bridgehead atoms. The van der Waals surface area contributed by atoms with E-state index in [4.69, 9.17) is 24.7 Å². The Labute approximate surface area is 191 Å². The maximum absolute atomic E-state index is 12.8. The van der Waals surface area contributed by atoms with E-state index in [-0.39, 0.29) is 35.3 Å². The highest BCUT2D eigenvalue weighted by Crippen LogP contribution is 2.38. The van der Waals surface area contributed by atoms with E-state index in [0.29, 0.717) is 5.69 Å². The molecule has 3 rings (SSSR count). The number of ether oxygens (including phenoxy) is 4. The molecule has 0 aliphatic heterocycles. The van der Waals surface area contributed by atoms with Gasteiger partial charge in [-0.05, 0) is 60.7 Å². The van der Waals surface area contributed by atoms with Crippen LogP contribution in [0.15, 0.2) is 60.7 Å². The minimum absolute atomic E-state index is 0.185. The fraction of sp³-hybridized carbons (Fsp3) is 0.167. The number of rotatable bonds is 10. The molecule has 9 nitrogen and oxygen atoms in total. The normalized spacial score (nSPS) is 10.2. The van der Waals surface area contributed by atoms with E-state index in [2.05, 4.69) is 10.6 Å². The van der Waals surface area contributed by atoms with E-state index in [1.165, 1.54) is 26.4 Å². The van der Waals surface area contributed by atoms with Crippen molar-refractivity contribution in [2.75, 3.05) is 38.6 Å². The molecule has 3 aromatic carbocycles. The minimum Gasteiger partial charge on any atom is -0.497 e. The Bertz CT molecular complexity index is 1090. The van der Waals surface area contributed by atoms with Gasteiger partial charge in [-0.1, -0.05) is 0 Å². The molecule has 0 unspecified atom stereocenters. The van der Waals surface area contributed by atoms with Crippen LogP contribution in [0.1, 0.15) is 10.4 Å². The second-order valence-electron chi connectivity index (χ2n) is 6.85. The molecular weight excluding hydrogens is 426 g/mol. The number of primary amides is 1. The van der Waals surface area contributed by atoms with Crippen molar-refractivity contribution in [2.45, 2.75) is 0 Å². The van der Waals surface area contributed by atoms with Crippen LogP contribution < -0.4 is 35.3 Å². The van der Waals surface area contributed by atoms with Crippen molar-refractivity contribution in [2.24, 2.45) is 5.73 Å². The van der Waals surface area contributed by atoms with E-state index in [1.807, 2.05) is 36.4 Å². The second kappa shape index (κ2) is 10.8. The number of nitrogens with one attached hydrogen (secondary N) is 2. The van der Waals surface area contributed by atoms with Crippen LogP contribution in [0.4, 0.5) is 17.1 Å². The molecule has 0 atom stereocenters. The molecule has 9 heteroatoms. The van der Waals surface area contributed by atoms with Crippen LogP contribution >= 0.6 is 0 Å². The SMILES string of the molecule is COc1ccc(Nc2ccc(NC(=O)c3cc(OC)c(OCC(N)=O)c(OC)c3)cc2)cc1. The predicted molar refractivity (Wildman–Crippen MR) is 125 cm³/mol. The molecule has 0 saturated heterocycles. The summed E-state index contributed by atoms with van der Waals surface area (Å²) < 4.78 is 21.1. The molecule has 4 N–H and O–H groups in total. The number of anilines is 3. The van der Waals surface area contributed by atoms with Gasteiger partial charge in [-0.3, -0.25) is 9.59 Å². The lowest BCUT2D eigenvalue weighted by Gasteiger charge is -2.15. The fourth-order valence-electron chi connectivity index (χ4n) is 2.98. The topological polar surface area (TPSA) is 121 Å². The molecule has 0 aliphatic rings. The Kier molecular flexibility index (Phi) is 7.59. The average Bonchev–Trinajstić information content (AvgIpc) is 2.83. The maximum Gasteiger partial charge on any atom is 0.255 e. The van der Waals surface area contributed by atoms with Gasteiger partial charge >= 0.3 is 0 Å². The summed E-state index contributed by atoms with van der Waals surface area (Å²) in [5.74, 6) is 0.415. The molecule has 0 saturated carbocycles. The zero-order valence-corrected chi connectivity index (χ0v) is 18.5. The summed E-state index contributed by atoms with van der Waals surface area (Å²) in [5, 5.41) is 6.10. The van der Waals surface area contributed by atoms with Crippen LogP contribution in [-0.2, 0) is 4.79 Å². The summed E-state index contributed by atoms with van der Waals surface area (Å²) in [6.07, 6.45) is 0. The van der Waals surface area contributed by atoms with E-state index in [1.54, 1.807) is 19.2 Å². The lowest BCUT2D eigenvalue weighted by atomic mass is 10.1. The molecule has 3 aromatic rings. The summed E-state index contributed by atoms with van der Waals surface area (Å²) in [6, 6.07) is 17.8. The van der Waals surface area contributed by atoms with Gasteiger partial charge in [0.1, 0.15) is 5.75 Å². The third-order valence-corrected chi connectivity index (χ3v) is 4.60. The number of carbonyl (C=O) groups is 2. The van der Waals surface area contributed by atoms with Crippen molar-refractivity contribution in [1.29, 1.82) is 0 Å². The molecule has 2 amide bonds. The highest BCUT2D eigenvalue weighted by Gasteiger charge is 2.18. The zero-order chi connectivity index (χ0) is 23.8. The van der Waals surface area contributed by atoms with Gasteiger partial charge in [0.25, 0.3) is 11.8 Å². The van der Waals surface area contributed by atoms with Gasteiger partial charge in [0.15, 0.2) is 18.1 Å². The second-order valence-corrected chi connectivity index (χ2v) is 6.85. The van der Waals surface area contributed by atoms with Gasteiger partial charge < -0.3 is 35.3 Å². The summed E-state index contributed by atoms with van der Waals surface area (Å²) in [5.41, 5.74) is 7.79. The van der Waals surface area contributed by atoms with Crippen LogP contribution in [0.25, 0.3) is 0 Å². The number of nitrogens with two attached hydrogens (primary N) is 1. The molecule has 0 heterocycles. The summed E-state index contributed by atoms with van der Waals surface area (Å²) in [6.45, 7) is -0.352. The Morgan fingerprint density at radius 2 is 1.30 bits per heavy atom. The maximum atomic E-state index is 12.8. The Hall–Kier alpha value is -4.40. The monoisotopic (exact) mass is 451 g/mol. The van der Waals surface area contributed by atoms with Crippen molar-refractivity contribution < 1.29 is 28.5 Å². The van der Waals surface area contributed by atoms with Crippen LogP contribution in [0, 0.1) is 0 Å². The highest BCUT2D eigenvalue weighted by molar-refractivity contribution is 6.05. The summed E-state index contributed by atoms with van der Waals surface area (Å²) >= 11 is 0. The number of carbonyl (C=O) groups excluding carboxylic acids is 2. The molecular formula is C24H25N3O6. The number of benzene rings is 3. The third kappa shape index (κ3) is 6.07. The van der Waals surface area contributed by atoms with Gasteiger partial charge in [-0.2, -0.15) is 0 Å². The molecule has 0 fully saturated rings. The first-order chi connectivity index (χ1) is 15.9. The van der Waals surface area contributed by atoms with Gasteiger partial charge in [0.2, 0.25) is 5.75 Å². The standard InChI is InChI=1S/C24H25N3O6/c1-30-19-10-8-17(9-11-19)26-16-4-6-18(7-5-16)27-24(29)15-12-20(31-2)23(21(13-15)32-3)33-14-22(25)28/h4-13,26H,14H2,1-3H3,(H2,25,28)(H,27,29). The number of amides is 2. The molecule has 0 radical (unpaired) electrons. The van der Waals surface area contributed by atoms with Gasteiger partial charge in [-0.15, -0.1) is 0 Å². The molecule has 0 aromatic heterocycles. The van der Waals surface area contributed by atoms with Crippen LogP contribution in [-0.4, -0.2) is 39.8 Å². The minimum atomic E-state index is -0.647. The van der Waals surface area contributed by atoms with Crippen molar-refractivity contribution in [3.63, 3.8) is 0 Å². The fourth-order valence-corrected chi connectivity index (χ4v) is 2.98. The Morgan fingerprint density at radius 1 is 0.788 bits per heavy atom. The summed E-state index contributed by atoms with van der Waals surface area (Å²) in [7, 11) is 4.46. The Balaban J connectivity index is 1.71. The van der Waals surface area contributed by atoms with E-state index in [9.17, 15) is 9.59 Å². The highest BCUT2D eigenvalue weighted by atomic mass is 16.5. The van der Waals surface area contributed by atoms with Gasteiger partial charge in [-0.25, -0.2) is 0 Å². The number of methoxy groups -OCH3 is 3. The van der Waals surface area contributed by atoms with E-state index >= 15 is 0 Å².